The number of nitrogens with zero attached hydrogens (tertiary/aromatic N) is 3. The molecule has 0 radical (unpaired) electrons. The Bertz CT molecular complexity index is 1200. The second-order valence-electron chi connectivity index (χ2n) is 8.17. The van der Waals surface area contributed by atoms with Crippen LogP contribution in [0.3, 0.4) is 0 Å². The summed E-state index contributed by atoms with van der Waals surface area (Å²) < 4.78 is 0. The van der Waals surface area contributed by atoms with Crippen LogP contribution in [0.1, 0.15) is 48.2 Å². The van der Waals surface area contributed by atoms with Crippen LogP contribution in [0, 0.1) is 6.92 Å². The van der Waals surface area contributed by atoms with Crippen molar-refractivity contribution in [2.45, 2.75) is 45.6 Å². The summed E-state index contributed by atoms with van der Waals surface area (Å²) in [5.74, 6) is 0.654. The molecule has 0 amide bonds. The van der Waals surface area contributed by atoms with E-state index in [2.05, 4.69) is 66.6 Å². The molecule has 1 atom stereocenters. The van der Waals surface area contributed by atoms with Crippen LogP contribution in [-0.2, 0) is 12.8 Å². The Labute approximate surface area is 177 Å². The lowest BCUT2D eigenvalue weighted by Crippen LogP contribution is -2.10. The Morgan fingerprint density at radius 3 is 2.73 bits per heavy atom. The Kier molecular flexibility index (Phi) is 4.91. The molecule has 0 bridgehead atoms. The zero-order valence-electron chi connectivity index (χ0n) is 17.5. The molecule has 2 aromatic carbocycles. The first-order valence-electron chi connectivity index (χ1n) is 10.7. The lowest BCUT2D eigenvalue weighted by atomic mass is 9.86. The van der Waals surface area contributed by atoms with E-state index in [4.69, 9.17) is 9.97 Å². The van der Waals surface area contributed by atoms with Gasteiger partial charge >= 0.3 is 0 Å². The minimum atomic E-state index is 0.0886. The van der Waals surface area contributed by atoms with Crippen molar-refractivity contribution in [3.8, 4) is 11.1 Å². The summed E-state index contributed by atoms with van der Waals surface area (Å²) in [5.41, 5.74) is 8.73. The normalized spacial score (nSPS) is 14.3. The van der Waals surface area contributed by atoms with Gasteiger partial charge in [-0.25, -0.2) is 9.97 Å². The second kappa shape index (κ2) is 7.86. The molecule has 1 N–H and O–H groups in total. The van der Waals surface area contributed by atoms with Gasteiger partial charge in [-0.3, -0.25) is 4.98 Å². The van der Waals surface area contributed by atoms with Gasteiger partial charge in [0, 0.05) is 17.8 Å². The van der Waals surface area contributed by atoms with Crippen molar-refractivity contribution >= 4 is 16.9 Å². The highest BCUT2D eigenvalue weighted by atomic mass is 15.1. The SMILES string of the molecule is Cc1nc(NC(C)c2cccnc2)nc2ccc(-c3cccc4c3CCCC4)cc12. The van der Waals surface area contributed by atoms with Crippen molar-refractivity contribution < 1.29 is 0 Å². The molecule has 2 aromatic heterocycles. The van der Waals surface area contributed by atoms with E-state index in [1.54, 1.807) is 6.20 Å². The van der Waals surface area contributed by atoms with E-state index in [0.29, 0.717) is 5.95 Å². The van der Waals surface area contributed by atoms with E-state index in [1.165, 1.54) is 47.9 Å². The molecular weight excluding hydrogens is 368 g/mol. The Balaban J connectivity index is 1.49. The molecule has 1 aliphatic carbocycles. The number of fused-ring (bicyclic) bond motifs is 2. The number of nitrogens with one attached hydrogen (secondary N) is 1. The Hall–Kier alpha value is -3.27. The van der Waals surface area contributed by atoms with Crippen LogP contribution in [0.5, 0.6) is 0 Å². The van der Waals surface area contributed by atoms with E-state index < -0.39 is 0 Å². The van der Waals surface area contributed by atoms with Crippen LogP contribution in [0.25, 0.3) is 22.0 Å². The fourth-order valence-electron chi connectivity index (χ4n) is 4.47. The maximum Gasteiger partial charge on any atom is 0.223 e. The second-order valence-corrected chi connectivity index (χ2v) is 8.17. The maximum absolute atomic E-state index is 4.78. The lowest BCUT2D eigenvalue weighted by Gasteiger charge is -2.20. The molecular formula is C26H26N4. The largest absolute Gasteiger partial charge is 0.348 e. The monoisotopic (exact) mass is 394 g/mol. The summed E-state index contributed by atoms with van der Waals surface area (Å²) in [7, 11) is 0. The molecule has 0 aliphatic heterocycles. The van der Waals surface area contributed by atoms with Gasteiger partial charge in [0.15, 0.2) is 0 Å². The number of hydrogen-bond acceptors (Lipinski definition) is 4. The third-order valence-corrected chi connectivity index (χ3v) is 6.12. The van der Waals surface area contributed by atoms with Crippen molar-refractivity contribution in [2.24, 2.45) is 0 Å². The highest BCUT2D eigenvalue weighted by Gasteiger charge is 2.15. The molecule has 150 valence electrons. The molecule has 1 aliphatic rings. The van der Waals surface area contributed by atoms with Gasteiger partial charge in [0.25, 0.3) is 0 Å². The van der Waals surface area contributed by atoms with Crippen LogP contribution in [0.15, 0.2) is 60.9 Å². The lowest BCUT2D eigenvalue weighted by molar-refractivity contribution is 0.687. The first-order chi connectivity index (χ1) is 14.7. The van der Waals surface area contributed by atoms with Gasteiger partial charge in [-0.2, -0.15) is 0 Å². The van der Waals surface area contributed by atoms with Crippen molar-refractivity contribution in [1.82, 2.24) is 15.0 Å². The van der Waals surface area contributed by atoms with Crippen molar-refractivity contribution in [1.29, 1.82) is 0 Å². The van der Waals surface area contributed by atoms with Crippen LogP contribution in [0.4, 0.5) is 5.95 Å². The van der Waals surface area contributed by atoms with Crippen molar-refractivity contribution in [3.05, 3.63) is 83.3 Å². The highest BCUT2D eigenvalue weighted by Crippen LogP contribution is 2.33. The summed E-state index contributed by atoms with van der Waals surface area (Å²) in [6.07, 6.45) is 8.61. The maximum atomic E-state index is 4.78. The van der Waals surface area contributed by atoms with Crippen LogP contribution < -0.4 is 5.32 Å². The molecule has 4 heteroatoms. The van der Waals surface area contributed by atoms with Crippen LogP contribution in [0.2, 0.25) is 0 Å². The van der Waals surface area contributed by atoms with Gasteiger partial charge in [0.2, 0.25) is 5.95 Å². The van der Waals surface area contributed by atoms with E-state index >= 15 is 0 Å². The van der Waals surface area contributed by atoms with E-state index in [9.17, 15) is 0 Å². The average molecular weight is 395 g/mol. The van der Waals surface area contributed by atoms with Gasteiger partial charge in [-0.15, -0.1) is 0 Å². The molecule has 30 heavy (non-hydrogen) atoms. The molecule has 4 aromatic rings. The number of aromatic nitrogens is 3. The van der Waals surface area contributed by atoms with Crippen LogP contribution >= 0.6 is 0 Å². The molecule has 5 rings (SSSR count). The summed E-state index contributed by atoms with van der Waals surface area (Å²) in [6.45, 7) is 4.16. The third-order valence-electron chi connectivity index (χ3n) is 6.12. The van der Waals surface area contributed by atoms with Crippen molar-refractivity contribution in [3.63, 3.8) is 0 Å². The molecule has 0 saturated carbocycles. The van der Waals surface area contributed by atoms with Gasteiger partial charge in [-0.1, -0.05) is 30.3 Å². The number of pyridine rings is 1. The van der Waals surface area contributed by atoms with Gasteiger partial charge in [0.1, 0.15) is 0 Å². The quantitative estimate of drug-likeness (QED) is 0.458. The number of anilines is 1. The fraction of sp³-hybridized carbons (Fsp3) is 0.269. The average Bonchev–Trinajstić information content (AvgIpc) is 2.79. The topological polar surface area (TPSA) is 50.7 Å². The summed E-state index contributed by atoms with van der Waals surface area (Å²) in [4.78, 5) is 13.7. The Morgan fingerprint density at radius 1 is 0.967 bits per heavy atom. The van der Waals surface area contributed by atoms with E-state index in [1.807, 2.05) is 12.3 Å². The first-order valence-corrected chi connectivity index (χ1v) is 10.7. The number of hydrogen-bond donors (Lipinski definition) is 1. The zero-order valence-corrected chi connectivity index (χ0v) is 17.5. The summed E-state index contributed by atoms with van der Waals surface area (Å²) in [5, 5.41) is 4.53. The van der Waals surface area contributed by atoms with E-state index in [0.717, 1.165) is 22.2 Å². The highest BCUT2D eigenvalue weighted by molar-refractivity contribution is 5.87. The fourth-order valence-corrected chi connectivity index (χ4v) is 4.47. The smallest absolute Gasteiger partial charge is 0.223 e. The minimum Gasteiger partial charge on any atom is -0.348 e. The van der Waals surface area contributed by atoms with E-state index in [-0.39, 0.29) is 6.04 Å². The van der Waals surface area contributed by atoms with Crippen LogP contribution in [-0.4, -0.2) is 15.0 Å². The summed E-state index contributed by atoms with van der Waals surface area (Å²) in [6, 6.07) is 17.4. The molecule has 4 nitrogen and oxygen atoms in total. The van der Waals surface area contributed by atoms with Gasteiger partial charge in [-0.05, 0) is 85.5 Å². The van der Waals surface area contributed by atoms with Crippen molar-refractivity contribution in [2.75, 3.05) is 5.32 Å². The first kappa shape index (κ1) is 18.7. The standard InChI is InChI=1S/C26H26N4/c1-17(21-9-6-14-27-16-21)28-26-29-18(2)24-15-20(12-13-25(24)30-26)23-11-5-8-19-7-3-4-10-22(19)23/h5-6,8-9,11-17H,3-4,7,10H2,1-2H3,(H,28,29,30). The molecule has 0 saturated heterocycles. The predicted octanol–water partition coefficient (Wildman–Crippen LogP) is 6.05. The van der Waals surface area contributed by atoms with Gasteiger partial charge < -0.3 is 5.32 Å². The number of aryl methyl sites for hydroxylation is 2. The molecule has 2 heterocycles. The molecule has 0 fully saturated rings. The number of benzene rings is 2. The number of rotatable bonds is 4. The molecule has 0 spiro atoms. The zero-order chi connectivity index (χ0) is 20.5. The minimum absolute atomic E-state index is 0.0886. The predicted molar refractivity (Wildman–Crippen MR) is 123 cm³/mol. The summed E-state index contributed by atoms with van der Waals surface area (Å²) >= 11 is 0. The van der Waals surface area contributed by atoms with Gasteiger partial charge in [0.05, 0.1) is 17.3 Å². The molecule has 1 unspecified atom stereocenters. The Morgan fingerprint density at radius 2 is 1.87 bits per heavy atom. The third kappa shape index (κ3) is 3.54.